The molecule has 0 fully saturated rings. The van der Waals surface area contributed by atoms with Gasteiger partial charge in [-0.05, 0) is 41.5 Å². The van der Waals surface area contributed by atoms with E-state index in [1.807, 2.05) is 32.2 Å². The second-order valence-electron chi connectivity index (χ2n) is 7.97. The van der Waals surface area contributed by atoms with Crippen LogP contribution in [0.3, 0.4) is 0 Å². The van der Waals surface area contributed by atoms with Gasteiger partial charge in [0.1, 0.15) is 5.75 Å². The van der Waals surface area contributed by atoms with E-state index in [9.17, 15) is 14.7 Å². The van der Waals surface area contributed by atoms with Crippen LogP contribution >= 0.6 is 11.3 Å². The molecule has 0 radical (unpaired) electrons. The van der Waals surface area contributed by atoms with E-state index in [0.29, 0.717) is 32.7 Å². The Bertz CT molecular complexity index is 1190. The molecule has 33 heavy (non-hydrogen) atoms. The number of phenols is 1. The van der Waals surface area contributed by atoms with Crippen molar-refractivity contribution in [2.24, 2.45) is 5.92 Å². The van der Waals surface area contributed by atoms with E-state index in [4.69, 9.17) is 14.2 Å². The van der Waals surface area contributed by atoms with Crippen LogP contribution in [0, 0.1) is 12.8 Å². The van der Waals surface area contributed by atoms with Crippen molar-refractivity contribution in [1.82, 2.24) is 0 Å². The summed E-state index contributed by atoms with van der Waals surface area (Å²) < 4.78 is 16.6. The number of ether oxygens (including phenoxy) is 3. The van der Waals surface area contributed by atoms with Crippen molar-refractivity contribution in [2.45, 2.75) is 40.0 Å². The Kier molecular flexibility index (Phi) is 7.64. The Hall–Kier alpha value is -3.06. The molecule has 176 valence electrons. The van der Waals surface area contributed by atoms with Crippen LogP contribution in [0.4, 0.5) is 0 Å². The monoisotopic (exact) mass is 470 g/mol. The van der Waals surface area contributed by atoms with Crippen LogP contribution in [0.2, 0.25) is 0 Å². The summed E-state index contributed by atoms with van der Waals surface area (Å²) >= 11 is 1.41. The molecular formula is C26H30O6S. The van der Waals surface area contributed by atoms with Crippen molar-refractivity contribution in [2.75, 3.05) is 21.3 Å². The number of aromatic hydroxyl groups is 1. The number of hydrogen-bond donors (Lipinski definition) is 1. The SMILES string of the molecule is CCC(CC)CC(=O)c1c(C(=O)OC)c(-c2ccc(OC)c(OC)c2)c2scc(C)c2c1O. The van der Waals surface area contributed by atoms with Gasteiger partial charge in [0.25, 0.3) is 0 Å². The van der Waals surface area contributed by atoms with Crippen molar-refractivity contribution in [1.29, 1.82) is 0 Å². The Morgan fingerprint density at radius 3 is 2.27 bits per heavy atom. The van der Waals surface area contributed by atoms with E-state index < -0.39 is 5.97 Å². The molecule has 2 aromatic carbocycles. The smallest absolute Gasteiger partial charge is 0.339 e. The molecule has 0 amide bonds. The molecule has 3 rings (SSSR count). The molecule has 0 spiro atoms. The molecule has 0 aliphatic heterocycles. The first kappa shape index (κ1) is 24.6. The lowest BCUT2D eigenvalue weighted by molar-refractivity contribution is 0.0597. The Labute approximate surface area is 198 Å². The van der Waals surface area contributed by atoms with Gasteiger partial charge in [-0.2, -0.15) is 0 Å². The summed E-state index contributed by atoms with van der Waals surface area (Å²) in [6, 6.07) is 5.32. The molecule has 0 bridgehead atoms. The average Bonchev–Trinajstić information content (AvgIpc) is 3.22. The van der Waals surface area contributed by atoms with Crippen molar-refractivity contribution < 1.29 is 28.9 Å². The molecule has 0 aliphatic rings. The lowest BCUT2D eigenvalue weighted by Gasteiger charge is -2.19. The van der Waals surface area contributed by atoms with Crippen LogP contribution in [-0.4, -0.2) is 38.2 Å². The summed E-state index contributed by atoms with van der Waals surface area (Å²) in [5.74, 6) is 0.0933. The highest BCUT2D eigenvalue weighted by molar-refractivity contribution is 7.18. The lowest BCUT2D eigenvalue weighted by Crippen LogP contribution is -2.15. The van der Waals surface area contributed by atoms with E-state index in [2.05, 4.69) is 0 Å². The van der Waals surface area contributed by atoms with Gasteiger partial charge in [-0.3, -0.25) is 4.79 Å². The van der Waals surface area contributed by atoms with Gasteiger partial charge in [0.2, 0.25) is 0 Å². The molecule has 0 saturated heterocycles. The summed E-state index contributed by atoms with van der Waals surface area (Å²) in [5, 5.41) is 13.7. The molecule has 1 heterocycles. The van der Waals surface area contributed by atoms with Crippen LogP contribution in [0.15, 0.2) is 23.6 Å². The predicted molar refractivity (Wildman–Crippen MR) is 131 cm³/mol. The Balaban J connectivity index is 2.43. The van der Waals surface area contributed by atoms with E-state index in [1.165, 1.54) is 25.6 Å². The average molecular weight is 471 g/mol. The van der Waals surface area contributed by atoms with Crippen molar-refractivity contribution in [3.63, 3.8) is 0 Å². The normalized spacial score (nSPS) is 11.1. The summed E-state index contributed by atoms with van der Waals surface area (Å²) in [5.41, 5.74) is 2.14. The number of rotatable bonds is 9. The molecule has 6 nitrogen and oxygen atoms in total. The summed E-state index contributed by atoms with van der Waals surface area (Å²) in [6.45, 7) is 5.94. The highest BCUT2D eigenvalue weighted by Gasteiger charge is 2.31. The number of esters is 1. The summed E-state index contributed by atoms with van der Waals surface area (Å²) in [7, 11) is 4.36. The Morgan fingerprint density at radius 2 is 1.70 bits per heavy atom. The minimum Gasteiger partial charge on any atom is -0.506 e. The van der Waals surface area contributed by atoms with E-state index in [1.54, 1.807) is 19.2 Å². The van der Waals surface area contributed by atoms with Gasteiger partial charge in [-0.15, -0.1) is 11.3 Å². The van der Waals surface area contributed by atoms with E-state index in [-0.39, 0.29) is 35.0 Å². The van der Waals surface area contributed by atoms with E-state index >= 15 is 0 Å². The first-order valence-electron chi connectivity index (χ1n) is 10.9. The van der Waals surface area contributed by atoms with Crippen molar-refractivity contribution in [3.05, 3.63) is 40.3 Å². The van der Waals surface area contributed by atoms with Gasteiger partial charge in [-0.1, -0.05) is 32.8 Å². The number of methoxy groups -OCH3 is 3. The van der Waals surface area contributed by atoms with Crippen LogP contribution in [0.1, 0.15) is 59.4 Å². The van der Waals surface area contributed by atoms with Crippen LogP contribution in [-0.2, 0) is 4.74 Å². The fraction of sp³-hybridized carbons (Fsp3) is 0.385. The number of ketones is 1. The topological polar surface area (TPSA) is 82.1 Å². The predicted octanol–water partition coefficient (Wildman–Crippen LogP) is 6.40. The number of carbonyl (C=O) groups is 2. The van der Waals surface area contributed by atoms with Gasteiger partial charge in [-0.25, -0.2) is 4.79 Å². The molecule has 0 aliphatic carbocycles. The molecular weight excluding hydrogens is 440 g/mol. The van der Waals surface area contributed by atoms with Gasteiger partial charge < -0.3 is 19.3 Å². The largest absolute Gasteiger partial charge is 0.506 e. The quantitative estimate of drug-likeness (QED) is 0.288. The molecule has 0 saturated carbocycles. The lowest BCUT2D eigenvalue weighted by atomic mass is 9.86. The minimum absolute atomic E-state index is 0.0209. The third-order valence-electron chi connectivity index (χ3n) is 6.14. The maximum Gasteiger partial charge on any atom is 0.339 e. The molecule has 1 aromatic heterocycles. The highest BCUT2D eigenvalue weighted by atomic mass is 32.1. The maximum atomic E-state index is 13.5. The first-order valence-corrected chi connectivity index (χ1v) is 11.8. The molecule has 7 heteroatoms. The second kappa shape index (κ2) is 10.3. The molecule has 1 N–H and O–H groups in total. The van der Waals surface area contributed by atoms with Gasteiger partial charge in [0.05, 0.1) is 32.5 Å². The van der Waals surface area contributed by atoms with Crippen LogP contribution < -0.4 is 9.47 Å². The van der Waals surface area contributed by atoms with Gasteiger partial charge in [0, 0.05) is 22.1 Å². The zero-order valence-corrected chi connectivity index (χ0v) is 20.7. The van der Waals surface area contributed by atoms with Crippen LogP contribution in [0.25, 0.3) is 21.2 Å². The van der Waals surface area contributed by atoms with Gasteiger partial charge >= 0.3 is 5.97 Å². The number of benzene rings is 2. The standard InChI is InChI=1S/C26H30O6S/c1-7-15(8-2)11-17(27)22-23(26(29)32-6)21(25-20(24(22)28)14(3)13-33-25)16-9-10-18(30-4)19(12-16)31-5/h9-10,12-13,15,28H,7-8,11H2,1-6H3. The summed E-state index contributed by atoms with van der Waals surface area (Å²) in [4.78, 5) is 26.6. The fourth-order valence-corrected chi connectivity index (χ4v) is 5.32. The van der Waals surface area contributed by atoms with Crippen molar-refractivity contribution in [3.8, 4) is 28.4 Å². The van der Waals surface area contributed by atoms with E-state index in [0.717, 1.165) is 18.4 Å². The number of hydrogen-bond acceptors (Lipinski definition) is 7. The fourth-order valence-electron chi connectivity index (χ4n) is 4.19. The number of Topliss-reactive ketones (excluding diaryl/α,β-unsaturated/α-hetero) is 1. The second-order valence-corrected chi connectivity index (χ2v) is 8.85. The van der Waals surface area contributed by atoms with Crippen molar-refractivity contribution >= 4 is 33.2 Å². The number of phenolic OH excluding ortho intramolecular Hbond substituents is 1. The summed E-state index contributed by atoms with van der Waals surface area (Å²) in [6.07, 6.45) is 1.91. The van der Waals surface area contributed by atoms with Crippen LogP contribution in [0.5, 0.6) is 17.2 Å². The van der Waals surface area contributed by atoms with Gasteiger partial charge in [0.15, 0.2) is 17.3 Å². The highest BCUT2D eigenvalue weighted by Crippen LogP contribution is 2.47. The number of aryl methyl sites for hydroxylation is 1. The molecule has 0 atom stereocenters. The number of fused-ring (bicyclic) bond motifs is 1. The third kappa shape index (κ3) is 4.42. The number of carbonyl (C=O) groups excluding carboxylic acids is 2. The zero-order chi connectivity index (χ0) is 24.3. The number of thiophene rings is 1. The third-order valence-corrected chi connectivity index (χ3v) is 7.26. The molecule has 3 aromatic rings. The molecule has 0 unspecified atom stereocenters. The first-order chi connectivity index (χ1) is 15.8. The minimum atomic E-state index is -0.670. The Morgan fingerprint density at radius 1 is 1.03 bits per heavy atom. The maximum absolute atomic E-state index is 13.5. The zero-order valence-electron chi connectivity index (χ0n) is 19.9.